The highest BCUT2D eigenvalue weighted by Gasteiger charge is 2.15. The van der Waals surface area contributed by atoms with E-state index in [0.29, 0.717) is 6.29 Å². The molecule has 0 fully saturated rings. The molecule has 0 heterocycles. The maximum Gasteiger partial charge on any atom is 0.283 e. The van der Waals surface area contributed by atoms with Crippen LogP contribution in [0.1, 0.15) is 15.9 Å². The van der Waals surface area contributed by atoms with Gasteiger partial charge >= 0.3 is 0 Å². The van der Waals surface area contributed by atoms with Crippen LogP contribution in [0.4, 0.5) is 10.1 Å². The maximum absolute atomic E-state index is 13.6. The Labute approximate surface area is 124 Å². The molecule has 0 aliphatic heterocycles. The van der Waals surface area contributed by atoms with Gasteiger partial charge in [0.1, 0.15) is 18.2 Å². The summed E-state index contributed by atoms with van der Waals surface area (Å²) >= 11 is 5.85. The van der Waals surface area contributed by atoms with Crippen LogP contribution in [0.25, 0.3) is 0 Å². The first-order valence-corrected chi connectivity index (χ1v) is 6.20. The second kappa shape index (κ2) is 6.32. The van der Waals surface area contributed by atoms with E-state index >= 15 is 0 Å². The lowest BCUT2D eigenvalue weighted by molar-refractivity contribution is -0.385. The third-order valence-electron chi connectivity index (χ3n) is 2.77. The highest BCUT2D eigenvalue weighted by Crippen LogP contribution is 2.26. The van der Waals surface area contributed by atoms with Gasteiger partial charge in [0, 0.05) is 5.56 Å². The molecule has 0 N–H and O–H groups in total. The fraction of sp³-hybridized carbons (Fsp3) is 0.0714. The molecule has 0 unspecified atom stereocenters. The molecule has 5 nitrogen and oxygen atoms in total. The Balaban J connectivity index is 2.23. The van der Waals surface area contributed by atoms with Gasteiger partial charge < -0.3 is 4.74 Å². The molecule has 0 aromatic heterocycles. The zero-order chi connectivity index (χ0) is 15.4. The Kier molecular flexibility index (Phi) is 4.49. The lowest BCUT2D eigenvalue weighted by Crippen LogP contribution is -2.01. The van der Waals surface area contributed by atoms with Gasteiger partial charge in [-0.1, -0.05) is 17.7 Å². The summed E-state index contributed by atoms with van der Waals surface area (Å²) in [7, 11) is 0. The predicted octanol–water partition coefficient (Wildman–Crippen LogP) is 3.78. The molecule has 108 valence electrons. The van der Waals surface area contributed by atoms with Crippen molar-refractivity contribution in [1.29, 1.82) is 0 Å². The van der Waals surface area contributed by atoms with E-state index in [1.165, 1.54) is 30.3 Å². The number of nitro groups is 1. The molecule has 0 spiro atoms. The first-order chi connectivity index (χ1) is 10.0. The van der Waals surface area contributed by atoms with Crippen LogP contribution in [0, 0.1) is 15.9 Å². The molecular formula is C14H9ClFNO4. The van der Waals surface area contributed by atoms with Crippen molar-refractivity contribution in [3.8, 4) is 5.75 Å². The summed E-state index contributed by atoms with van der Waals surface area (Å²) in [6.07, 6.45) is 0.385. The highest BCUT2D eigenvalue weighted by atomic mass is 35.5. The van der Waals surface area contributed by atoms with Gasteiger partial charge in [-0.15, -0.1) is 0 Å². The van der Waals surface area contributed by atoms with E-state index in [2.05, 4.69) is 0 Å². The van der Waals surface area contributed by atoms with Crippen LogP contribution in [-0.2, 0) is 6.61 Å². The summed E-state index contributed by atoms with van der Waals surface area (Å²) in [5.41, 5.74) is -0.278. The fourth-order valence-electron chi connectivity index (χ4n) is 1.70. The lowest BCUT2D eigenvalue weighted by Gasteiger charge is -2.09. The van der Waals surface area contributed by atoms with Crippen LogP contribution in [0.2, 0.25) is 5.02 Å². The average molecular weight is 310 g/mol. The number of nitrogens with zero attached hydrogens (tertiary/aromatic N) is 1. The highest BCUT2D eigenvalue weighted by molar-refractivity contribution is 6.31. The Morgan fingerprint density at radius 3 is 2.71 bits per heavy atom. The first kappa shape index (κ1) is 14.9. The van der Waals surface area contributed by atoms with Crippen LogP contribution >= 0.6 is 11.6 Å². The molecule has 0 bridgehead atoms. The van der Waals surface area contributed by atoms with Gasteiger partial charge in [0.05, 0.1) is 21.6 Å². The first-order valence-electron chi connectivity index (χ1n) is 5.82. The topological polar surface area (TPSA) is 69.4 Å². The minimum atomic E-state index is -0.688. The smallest absolute Gasteiger partial charge is 0.283 e. The van der Waals surface area contributed by atoms with Crippen molar-refractivity contribution in [2.24, 2.45) is 0 Å². The lowest BCUT2D eigenvalue weighted by atomic mass is 10.2. The Morgan fingerprint density at radius 1 is 1.33 bits per heavy atom. The van der Waals surface area contributed by atoms with Gasteiger partial charge in [-0.2, -0.15) is 0 Å². The number of rotatable bonds is 5. The van der Waals surface area contributed by atoms with Crippen molar-refractivity contribution in [3.05, 3.63) is 68.5 Å². The van der Waals surface area contributed by atoms with E-state index in [-0.39, 0.29) is 34.2 Å². The van der Waals surface area contributed by atoms with Crippen molar-refractivity contribution in [1.82, 2.24) is 0 Å². The summed E-state index contributed by atoms with van der Waals surface area (Å²) in [4.78, 5) is 20.8. The molecule has 2 aromatic rings. The normalized spacial score (nSPS) is 10.2. The SMILES string of the molecule is O=Cc1ccc(OCc2c(F)cccc2Cl)cc1[N+](=O)[O-]. The van der Waals surface area contributed by atoms with E-state index in [1.807, 2.05) is 0 Å². The van der Waals surface area contributed by atoms with Gasteiger partial charge in [-0.05, 0) is 24.3 Å². The van der Waals surface area contributed by atoms with Gasteiger partial charge in [-0.3, -0.25) is 14.9 Å². The molecule has 0 aliphatic carbocycles. The van der Waals surface area contributed by atoms with Gasteiger partial charge in [-0.25, -0.2) is 4.39 Å². The number of aldehydes is 1. The van der Waals surface area contributed by atoms with Crippen LogP contribution in [0.5, 0.6) is 5.75 Å². The van der Waals surface area contributed by atoms with E-state index in [9.17, 15) is 19.3 Å². The van der Waals surface area contributed by atoms with Gasteiger partial charge in [0.2, 0.25) is 0 Å². The predicted molar refractivity (Wildman–Crippen MR) is 74.2 cm³/mol. The molecular weight excluding hydrogens is 301 g/mol. The van der Waals surface area contributed by atoms with E-state index in [4.69, 9.17) is 16.3 Å². The minimum absolute atomic E-state index is 0.0590. The number of hydrogen-bond donors (Lipinski definition) is 0. The van der Waals surface area contributed by atoms with Crippen LogP contribution in [0.3, 0.4) is 0 Å². The van der Waals surface area contributed by atoms with Crippen molar-refractivity contribution in [2.75, 3.05) is 0 Å². The van der Waals surface area contributed by atoms with Gasteiger partial charge in [0.25, 0.3) is 5.69 Å². The molecule has 2 rings (SSSR count). The molecule has 7 heteroatoms. The molecule has 0 amide bonds. The fourth-order valence-corrected chi connectivity index (χ4v) is 1.91. The number of halogens is 2. The molecule has 0 atom stereocenters. The van der Waals surface area contributed by atoms with Crippen LogP contribution < -0.4 is 4.74 Å². The summed E-state index contributed by atoms with van der Waals surface area (Å²) in [6, 6.07) is 7.99. The molecule has 21 heavy (non-hydrogen) atoms. The summed E-state index contributed by atoms with van der Waals surface area (Å²) < 4.78 is 18.9. The average Bonchev–Trinajstić information content (AvgIpc) is 2.46. The molecule has 2 aromatic carbocycles. The summed E-state index contributed by atoms with van der Waals surface area (Å²) in [6.45, 7) is -0.177. The molecule has 0 saturated carbocycles. The quantitative estimate of drug-likeness (QED) is 0.479. The number of ether oxygens (including phenoxy) is 1. The molecule has 0 aliphatic rings. The van der Waals surface area contributed by atoms with Gasteiger partial charge in [0.15, 0.2) is 6.29 Å². The van der Waals surface area contributed by atoms with Crippen LogP contribution in [-0.4, -0.2) is 11.2 Å². The number of nitro benzene ring substituents is 1. The van der Waals surface area contributed by atoms with Crippen molar-refractivity contribution in [2.45, 2.75) is 6.61 Å². The zero-order valence-electron chi connectivity index (χ0n) is 10.6. The van der Waals surface area contributed by atoms with Crippen molar-refractivity contribution < 1.29 is 18.8 Å². The second-order valence-corrected chi connectivity index (χ2v) is 4.49. The molecule has 0 radical (unpaired) electrons. The number of carbonyl (C=O) groups is 1. The summed E-state index contributed by atoms with van der Waals surface area (Å²) in [5.74, 6) is -0.381. The minimum Gasteiger partial charge on any atom is -0.488 e. The Morgan fingerprint density at radius 2 is 2.10 bits per heavy atom. The number of carbonyl (C=O) groups excluding carboxylic acids is 1. The van der Waals surface area contributed by atoms with Crippen LogP contribution in [0.15, 0.2) is 36.4 Å². The zero-order valence-corrected chi connectivity index (χ0v) is 11.3. The van der Waals surface area contributed by atoms with E-state index in [1.54, 1.807) is 0 Å². The van der Waals surface area contributed by atoms with Crippen molar-refractivity contribution >= 4 is 23.6 Å². The second-order valence-electron chi connectivity index (χ2n) is 4.08. The third-order valence-corrected chi connectivity index (χ3v) is 3.12. The Hall–Kier alpha value is -2.47. The van der Waals surface area contributed by atoms with E-state index in [0.717, 1.165) is 6.07 Å². The maximum atomic E-state index is 13.6. The summed E-state index contributed by atoms with van der Waals surface area (Å²) in [5, 5.41) is 11.0. The van der Waals surface area contributed by atoms with E-state index < -0.39 is 10.7 Å². The molecule has 0 saturated heterocycles. The largest absolute Gasteiger partial charge is 0.488 e. The number of benzene rings is 2. The Bertz CT molecular complexity index is 685. The monoisotopic (exact) mass is 309 g/mol. The third kappa shape index (κ3) is 3.35. The standard InChI is InChI=1S/C14H9ClFNO4/c15-12-2-1-3-13(16)11(12)8-21-10-5-4-9(7-18)14(6-10)17(19)20/h1-7H,8H2. The van der Waals surface area contributed by atoms with Crippen molar-refractivity contribution in [3.63, 3.8) is 0 Å². The number of hydrogen-bond acceptors (Lipinski definition) is 4.